The van der Waals surface area contributed by atoms with Gasteiger partial charge in [0.2, 0.25) is 0 Å². The fourth-order valence-electron chi connectivity index (χ4n) is 7.87. The molecular weight excluding hydrogens is 2130 g/mol. The Morgan fingerprint density at radius 2 is 0.826 bits per heavy atom. The van der Waals surface area contributed by atoms with Crippen LogP contribution in [0.5, 0.6) is 11.5 Å². The van der Waals surface area contributed by atoms with Gasteiger partial charge in [-0.3, -0.25) is 9.59 Å². The number of carboxylic acids is 2. The van der Waals surface area contributed by atoms with Crippen LogP contribution >= 0.6 is 145 Å². The summed E-state index contributed by atoms with van der Waals surface area (Å²) in [5.74, 6) is -1.23. The summed E-state index contributed by atoms with van der Waals surface area (Å²) in [6, 6.07) is 53.0. The van der Waals surface area contributed by atoms with Crippen molar-refractivity contribution in [3.63, 3.8) is 0 Å². The molecule has 18 nitrogen and oxygen atoms in total. The molecule has 0 fully saturated rings. The number of anilines is 5. The van der Waals surface area contributed by atoms with E-state index in [-0.39, 0.29) is 61.8 Å². The molecule has 0 saturated carbocycles. The van der Waals surface area contributed by atoms with Crippen LogP contribution in [0.1, 0.15) is 74.9 Å². The number of aliphatic carboxylic acids is 2. The van der Waals surface area contributed by atoms with E-state index in [2.05, 4.69) is 128 Å². The number of carboxylic acid groups (broad SMARTS) is 2. The molecule has 9 rings (SSSR count). The minimum atomic E-state index is -0.833. The second-order valence-corrected chi connectivity index (χ2v) is 29.9. The topological polar surface area (TPSA) is 288 Å². The number of ether oxygens (including phenoxy) is 6. The van der Waals surface area contributed by atoms with Crippen LogP contribution in [0.15, 0.2) is 234 Å². The van der Waals surface area contributed by atoms with Crippen molar-refractivity contribution in [2.45, 2.75) is 68.6 Å². The fourth-order valence-corrected chi connectivity index (χ4v) is 12.8. The number of methoxy groups -OCH3 is 2. The largest absolute Gasteiger partial charge is 0.496 e. The van der Waals surface area contributed by atoms with Gasteiger partial charge in [0.05, 0.1) is 58.9 Å². The standard InChI is InChI=1S/C25H23BrFNO3S.C18H18FNO2S.C11H11BrFNO2.C7H6BrIO.C7H8S.C6H4BrFIN.C5H8O2.2C2H4O2.Pd/c1-3-31-25(29)12-9-18-13-24(32-16-17-7-5-4-6-8-17)20(27)15-22(18)28-21-11-10-19(26)14-23(21)30-2;1-2-22-18(21)9-8-14-10-17(15(19)11-16(14)20)23-12-13-6-4-3-5-7-13;1-2-16-11(15)4-3-7-5-8(12)9(13)6-10(7)14;1-10-7-4-5(8)2-3-6(7)9;8-6-7-4-2-1-3-5-7;7-3-1-5(9)6(10)2-4(3)8;1-3-5(6)7-4-2;2*1-2(3)4;/h4-15,28H,3,16H2,1-2H3;3-11H,2,12,20H2,1H3;3-6H,2,14H2,1H3;2-4H,1H3;1-5,8H,6H2;1-2H,10H2;3H,1,4H2,2H3;2*1H3,(H,3,4);/b12-9+;9-8+;4-3+;;;;;;;. The number of halogens is 10. The van der Waals surface area contributed by atoms with Crippen LogP contribution in [-0.2, 0) is 85.4 Å². The molecule has 0 spiro atoms. The van der Waals surface area contributed by atoms with Gasteiger partial charge < -0.3 is 61.2 Å². The summed E-state index contributed by atoms with van der Waals surface area (Å²) < 4.78 is 88.8. The molecule has 9 aromatic carbocycles. The van der Waals surface area contributed by atoms with Gasteiger partial charge in [-0.15, -0.1) is 23.5 Å². The second kappa shape index (κ2) is 62.6. The van der Waals surface area contributed by atoms with Crippen LogP contribution in [0.3, 0.4) is 0 Å². The molecular formula is C83H86Br4F4I2N4O14PdS3. The Bertz CT molecular complexity index is 4550. The van der Waals surface area contributed by atoms with Crippen molar-refractivity contribution in [2.75, 3.05) is 63.2 Å². The molecule has 0 saturated heterocycles. The number of hydrogen-bond donors (Lipinski definition) is 7. The summed E-state index contributed by atoms with van der Waals surface area (Å²) in [5, 5.41) is 18.1. The van der Waals surface area contributed by atoms with Gasteiger partial charge in [0.15, 0.2) is 0 Å². The molecule has 32 heteroatoms. The van der Waals surface area contributed by atoms with Crippen molar-refractivity contribution in [1.29, 1.82) is 0 Å². The van der Waals surface area contributed by atoms with Crippen LogP contribution in [0, 0.1) is 30.4 Å². The molecule has 0 amide bonds. The molecule has 9 N–H and O–H groups in total. The molecule has 115 heavy (non-hydrogen) atoms. The van der Waals surface area contributed by atoms with Crippen LogP contribution in [-0.4, -0.2) is 86.7 Å². The molecule has 0 aromatic heterocycles. The fraction of sp³-hybridized carbons (Fsp3) is 0.181. The van der Waals surface area contributed by atoms with Crippen LogP contribution < -0.4 is 32.0 Å². The maximum absolute atomic E-state index is 15.0. The first kappa shape index (κ1) is 107. The van der Waals surface area contributed by atoms with Crippen LogP contribution in [0.2, 0.25) is 0 Å². The molecule has 0 aliphatic rings. The van der Waals surface area contributed by atoms with Gasteiger partial charge in [-0.25, -0.2) is 36.7 Å². The predicted octanol–water partition coefficient (Wildman–Crippen LogP) is 23.1. The third-order valence-electron chi connectivity index (χ3n) is 13.0. The number of rotatable bonds is 22. The average Bonchev–Trinajstić information content (AvgIpc) is 0.823. The van der Waals surface area contributed by atoms with E-state index >= 15 is 0 Å². The average molecular weight is 2220 g/mol. The summed E-state index contributed by atoms with van der Waals surface area (Å²) in [4.78, 5) is 63.3. The number of carbonyl (C=O) groups is 6. The summed E-state index contributed by atoms with van der Waals surface area (Å²) in [6.45, 7) is 13.6. The van der Waals surface area contributed by atoms with Gasteiger partial charge in [-0.1, -0.05) is 129 Å². The van der Waals surface area contributed by atoms with E-state index in [0.717, 1.165) is 58.6 Å². The molecule has 0 aliphatic carbocycles. The number of hydrogen-bond acceptors (Lipinski definition) is 19. The van der Waals surface area contributed by atoms with Crippen molar-refractivity contribution < 1.29 is 105 Å². The zero-order valence-electron chi connectivity index (χ0n) is 63.3. The smallest absolute Gasteiger partial charge is 0.330 e. The van der Waals surface area contributed by atoms with Gasteiger partial charge in [0, 0.05) is 121 Å². The molecule has 0 unspecified atom stereocenters. The summed E-state index contributed by atoms with van der Waals surface area (Å²) in [5.41, 5.74) is 24.3. The number of nitrogens with one attached hydrogen (secondary N) is 1. The van der Waals surface area contributed by atoms with E-state index in [4.69, 9.17) is 60.7 Å². The van der Waals surface area contributed by atoms with Crippen LogP contribution in [0.25, 0.3) is 18.2 Å². The maximum Gasteiger partial charge on any atom is 0.330 e. The van der Waals surface area contributed by atoms with E-state index in [1.165, 1.54) is 83.7 Å². The van der Waals surface area contributed by atoms with Crippen molar-refractivity contribution in [2.24, 2.45) is 0 Å². The van der Waals surface area contributed by atoms with E-state index in [1.54, 1.807) is 72.3 Å². The second-order valence-electron chi connectivity index (χ2n) is 21.7. The Balaban J connectivity index is 0.00000138. The van der Waals surface area contributed by atoms with Crippen molar-refractivity contribution in [3.05, 3.63) is 288 Å². The van der Waals surface area contributed by atoms with Crippen molar-refractivity contribution in [1.82, 2.24) is 0 Å². The van der Waals surface area contributed by atoms with Gasteiger partial charge in [-0.2, -0.15) is 12.6 Å². The number of nitrogens with two attached hydrogens (primary N) is 3. The Morgan fingerprint density at radius 3 is 1.21 bits per heavy atom. The zero-order chi connectivity index (χ0) is 85.7. The predicted molar refractivity (Wildman–Crippen MR) is 486 cm³/mol. The molecule has 620 valence electrons. The van der Waals surface area contributed by atoms with Crippen molar-refractivity contribution >= 4 is 228 Å². The summed E-state index contributed by atoms with van der Waals surface area (Å²) >= 11 is 24.0. The molecule has 0 heterocycles. The zero-order valence-corrected chi connectivity index (χ0v) is 78.1. The quantitative estimate of drug-likeness (QED) is 0.00317. The number of thioether (sulfide) groups is 2. The summed E-state index contributed by atoms with van der Waals surface area (Å²) in [6.07, 6.45) is 9.67. The molecule has 9 aromatic rings. The minimum Gasteiger partial charge on any atom is -0.496 e. The van der Waals surface area contributed by atoms with E-state index in [9.17, 15) is 36.7 Å². The molecule has 0 atom stereocenters. The number of carbonyl (C=O) groups excluding carboxylic acids is 4. The summed E-state index contributed by atoms with van der Waals surface area (Å²) in [7, 11) is 3.24. The Labute approximate surface area is 756 Å². The van der Waals surface area contributed by atoms with Crippen LogP contribution in [0.4, 0.5) is 46.0 Å². The van der Waals surface area contributed by atoms with Gasteiger partial charge in [0.1, 0.15) is 34.8 Å². The Kier molecular flexibility index (Phi) is 58.4. The minimum absolute atomic E-state index is 0. The molecule has 0 radical (unpaired) electrons. The van der Waals surface area contributed by atoms with E-state index in [0.29, 0.717) is 89.6 Å². The van der Waals surface area contributed by atoms with Crippen molar-refractivity contribution in [3.8, 4) is 11.5 Å². The number of esters is 4. The molecule has 0 bridgehead atoms. The maximum atomic E-state index is 15.0. The van der Waals surface area contributed by atoms with Gasteiger partial charge >= 0.3 is 23.9 Å². The number of benzene rings is 9. The van der Waals surface area contributed by atoms with Gasteiger partial charge in [0.25, 0.3) is 11.9 Å². The Morgan fingerprint density at radius 1 is 0.470 bits per heavy atom. The monoisotopic (exact) mass is 2210 g/mol. The van der Waals surface area contributed by atoms with E-state index in [1.807, 2.05) is 138 Å². The van der Waals surface area contributed by atoms with Gasteiger partial charge in [-0.05, 0) is 241 Å². The first-order valence-electron chi connectivity index (χ1n) is 33.6. The first-order valence-corrected chi connectivity index (χ1v) is 41.5. The number of thiol groups is 1. The Hall–Kier alpha value is -7.63. The first-order chi connectivity index (χ1) is 54.2. The third-order valence-corrected chi connectivity index (χ3v) is 19.6. The third kappa shape index (κ3) is 48.0. The van der Waals surface area contributed by atoms with E-state index < -0.39 is 35.7 Å². The normalized spacial score (nSPS) is 9.90. The SMILES string of the molecule is C=CC(=O)OCC.CC(=O)O.CC(=O)O.CCOC(=O)/C=C/c1cc(Br)c(F)cc1N.CCOC(=O)/C=C/c1cc(SCc2ccccc2)c(F)cc1N.CCOC(=O)/C=C/c1cc(SCc2ccccc2)c(F)cc1Nc1ccc(Br)cc1OC.COc1cc(Br)ccc1I.Nc1cc(F)c(Br)cc1I.SCc1ccccc1.[Pd]. The molecule has 0 aliphatic heterocycles. The number of nitrogen functional groups attached to an aromatic ring is 3.